The quantitative estimate of drug-likeness (QED) is 0.577. The lowest BCUT2D eigenvalue weighted by Crippen LogP contribution is -2.48. The van der Waals surface area contributed by atoms with Gasteiger partial charge in [0.2, 0.25) is 11.8 Å². The molecule has 1 unspecified atom stereocenters. The molecule has 0 aromatic heterocycles. The van der Waals surface area contributed by atoms with Gasteiger partial charge in [0.25, 0.3) is 5.91 Å². The predicted octanol–water partition coefficient (Wildman–Crippen LogP) is 2.81. The molecule has 1 atom stereocenters. The van der Waals surface area contributed by atoms with Gasteiger partial charge in [-0.1, -0.05) is 36.4 Å². The summed E-state index contributed by atoms with van der Waals surface area (Å²) in [4.78, 5) is 53.8. The van der Waals surface area contributed by atoms with E-state index >= 15 is 0 Å². The van der Waals surface area contributed by atoms with Crippen LogP contribution in [0.3, 0.4) is 0 Å². The summed E-state index contributed by atoms with van der Waals surface area (Å²) in [5.74, 6) is -0.706. The van der Waals surface area contributed by atoms with Crippen molar-refractivity contribution in [1.29, 1.82) is 0 Å². The summed E-state index contributed by atoms with van der Waals surface area (Å²) in [6.45, 7) is 3.96. The van der Waals surface area contributed by atoms with Gasteiger partial charge in [-0.3, -0.25) is 19.7 Å². The van der Waals surface area contributed by atoms with Crippen molar-refractivity contribution in [2.24, 2.45) is 0 Å². The minimum Gasteiger partial charge on any atom is -0.328 e. The van der Waals surface area contributed by atoms with Crippen LogP contribution in [0.25, 0.3) is 0 Å². The number of benzene rings is 2. The van der Waals surface area contributed by atoms with Crippen molar-refractivity contribution in [2.75, 3.05) is 25.2 Å². The number of imide groups is 1. The second-order valence-corrected chi connectivity index (χ2v) is 11.0. The monoisotopic (exact) mass is 494 g/mol. The lowest BCUT2D eigenvalue weighted by atomic mass is 9.95. The smallest absolute Gasteiger partial charge is 0.324 e. The first-order valence-electron chi connectivity index (χ1n) is 11.4. The van der Waals surface area contributed by atoms with Gasteiger partial charge < -0.3 is 15.1 Å². The molecule has 0 radical (unpaired) electrons. The number of rotatable bonds is 7. The number of nitrogens with one attached hydrogen (secondary N) is 2. The Hall–Kier alpha value is -3.33. The van der Waals surface area contributed by atoms with Gasteiger partial charge in [-0.2, -0.15) is 0 Å². The van der Waals surface area contributed by atoms with Crippen molar-refractivity contribution in [2.45, 2.75) is 43.5 Å². The molecular weight excluding hydrogens is 464 g/mol. The Labute approximate surface area is 209 Å². The Morgan fingerprint density at radius 2 is 1.80 bits per heavy atom. The van der Waals surface area contributed by atoms with E-state index in [1.807, 2.05) is 62.6 Å². The number of hydrogen-bond acceptors (Lipinski definition) is 5. The molecule has 1 fully saturated rings. The van der Waals surface area contributed by atoms with Crippen LogP contribution in [0, 0.1) is 0 Å². The molecule has 4 rings (SSSR count). The van der Waals surface area contributed by atoms with Crippen LogP contribution in [0.15, 0.2) is 48.5 Å². The van der Waals surface area contributed by atoms with Crippen molar-refractivity contribution < 1.29 is 19.2 Å². The summed E-state index contributed by atoms with van der Waals surface area (Å²) >= 11 is 1.44. The first kappa shape index (κ1) is 24.8. The number of anilines is 1. The van der Waals surface area contributed by atoms with Gasteiger partial charge in [0.15, 0.2) is 0 Å². The van der Waals surface area contributed by atoms with E-state index in [1.165, 1.54) is 16.7 Å². The average Bonchev–Trinajstić information content (AvgIpc) is 3.31. The molecule has 8 nitrogen and oxygen atoms in total. The van der Waals surface area contributed by atoms with Gasteiger partial charge in [0.05, 0.1) is 4.75 Å². The maximum atomic E-state index is 13.2. The molecule has 1 aliphatic carbocycles. The van der Waals surface area contributed by atoms with Crippen LogP contribution in [0.4, 0.5) is 10.5 Å². The van der Waals surface area contributed by atoms with Crippen molar-refractivity contribution in [3.8, 4) is 0 Å². The molecule has 35 heavy (non-hydrogen) atoms. The Morgan fingerprint density at radius 1 is 1.11 bits per heavy atom. The summed E-state index contributed by atoms with van der Waals surface area (Å²) in [6, 6.07) is 14.7. The molecule has 0 saturated carbocycles. The van der Waals surface area contributed by atoms with E-state index in [2.05, 4.69) is 10.6 Å². The molecule has 2 aromatic carbocycles. The summed E-state index contributed by atoms with van der Waals surface area (Å²) in [6.07, 6.45) is 2.71. The van der Waals surface area contributed by atoms with Crippen LogP contribution >= 0.6 is 11.8 Å². The molecule has 9 heteroatoms. The number of hydrogen-bond donors (Lipinski definition) is 2. The van der Waals surface area contributed by atoms with Gasteiger partial charge in [-0.25, -0.2) is 4.79 Å². The van der Waals surface area contributed by atoms with Gasteiger partial charge in [-0.05, 0) is 48.9 Å². The van der Waals surface area contributed by atoms with Crippen LogP contribution in [0.1, 0.15) is 30.5 Å². The number of carbonyl (C=O) groups is 4. The highest BCUT2D eigenvalue weighted by Crippen LogP contribution is 2.38. The highest BCUT2D eigenvalue weighted by molar-refractivity contribution is 8.00. The van der Waals surface area contributed by atoms with Gasteiger partial charge >= 0.3 is 6.03 Å². The van der Waals surface area contributed by atoms with E-state index in [9.17, 15) is 19.2 Å². The molecule has 1 heterocycles. The molecule has 2 N–H and O–H groups in total. The van der Waals surface area contributed by atoms with E-state index in [0.717, 1.165) is 16.7 Å². The van der Waals surface area contributed by atoms with E-state index in [-0.39, 0.29) is 24.3 Å². The second kappa shape index (κ2) is 9.37. The lowest BCUT2D eigenvalue weighted by Gasteiger charge is -2.30. The summed E-state index contributed by atoms with van der Waals surface area (Å²) < 4.78 is -0.664. The first-order valence-corrected chi connectivity index (χ1v) is 12.7. The van der Waals surface area contributed by atoms with Crippen LogP contribution in [0.2, 0.25) is 0 Å². The SMILES string of the molecule is CSC(C)(C)C(=O)N(CC(=O)Nc1ccc2c(c1)CC1(C2)C(=O)NC(=O)N1C)Cc1ccccc1. The Kier molecular flexibility index (Phi) is 6.64. The predicted molar refractivity (Wildman–Crippen MR) is 136 cm³/mol. The highest BCUT2D eigenvalue weighted by Gasteiger charge is 2.54. The second-order valence-electron chi connectivity index (χ2n) is 9.60. The standard InChI is InChI=1S/C26H30N4O4S/c1-25(2,35-4)23(33)30(15-17-8-6-5-7-9-17)16-21(31)27-20-11-10-18-13-26(14-19(18)12-20)22(32)28-24(34)29(26)3/h5-12H,13-16H2,1-4H3,(H,27,31)(H,28,32,34). The number of nitrogens with zero attached hydrogens (tertiary/aromatic N) is 2. The number of carbonyl (C=O) groups excluding carboxylic acids is 4. The number of fused-ring (bicyclic) bond motifs is 1. The maximum absolute atomic E-state index is 13.2. The van der Waals surface area contributed by atoms with Gasteiger partial charge in [0.1, 0.15) is 12.1 Å². The van der Waals surface area contributed by atoms with Crippen LogP contribution < -0.4 is 10.6 Å². The average molecular weight is 495 g/mol. The van der Waals surface area contributed by atoms with Crippen LogP contribution in [-0.2, 0) is 33.8 Å². The van der Waals surface area contributed by atoms with Crippen molar-refractivity contribution in [1.82, 2.24) is 15.1 Å². The van der Waals surface area contributed by atoms with E-state index in [1.54, 1.807) is 18.0 Å². The zero-order valence-electron chi connectivity index (χ0n) is 20.4. The minimum absolute atomic E-state index is 0.0849. The molecule has 5 amide bonds. The normalized spacial score (nSPS) is 19.0. The van der Waals surface area contributed by atoms with Crippen molar-refractivity contribution in [3.63, 3.8) is 0 Å². The first-order chi connectivity index (χ1) is 16.6. The van der Waals surface area contributed by atoms with E-state index < -0.39 is 16.3 Å². The third kappa shape index (κ3) is 4.77. The Bertz CT molecular complexity index is 1180. The van der Waals surface area contributed by atoms with Crippen molar-refractivity contribution in [3.05, 3.63) is 65.2 Å². The van der Waals surface area contributed by atoms with E-state index in [4.69, 9.17) is 0 Å². The summed E-state index contributed by atoms with van der Waals surface area (Å²) in [7, 11) is 1.63. The lowest BCUT2D eigenvalue weighted by molar-refractivity contribution is -0.136. The van der Waals surface area contributed by atoms with Crippen molar-refractivity contribution >= 4 is 41.2 Å². The third-order valence-corrected chi connectivity index (χ3v) is 8.10. The fourth-order valence-electron chi connectivity index (χ4n) is 4.62. The topological polar surface area (TPSA) is 98.8 Å². The Balaban J connectivity index is 1.48. The van der Waals surface area contributed by atoms with E-state index in [0.29, 0.717) is 25.1 Å². The molecule has 184 valence electrons. The van der Waals surface area contributed by atoms with Gasteiger partial charge in [-0.15, -0.1) is 11.8 Å². The zero-order valence-corrected chi connectivity index (χ0v) is 21.2. The molecule has 1 aliphatic heterocycles. The molecule has 1 saturated heterocycles. The summed E-state index contributed by atoms with van der Waals surface area (Å²) in [5, 5.41) is 5.29. The maximum Gasteiger partial charge on any atom is 0.324 e. The molecule has 2 aliphatic rings. The van der Waals surface area contributed by atoms with Crippen LogP contribution in [0.5, 0.6) is 0 Å². The largest absolute Gasteiger partial charge is 0.328 e. The fraction of sp³-hybridized carbons (Fsp3) is 0.385. The molecular formula is C26H30N4O4S. The molecule has 0 bridgehead atoms. The number of amides is 5. The number of likely N-dealkylation sites (N-methyl/N-ethyl adjacent to an activating group) is 1. The third-order valence-electron chi connectivity index (χ3n) is 6.91. The minimum atomic E-state index is -0.912. The number of thioether (sulfide) groups is 1. The Morgan fingerprint density at radius 3 is 2.43 bits per heavy atom. The van der Waals surface area contributed by atoms with Gasteiger partial charge in [0, 0.05) is 32.1 Å². The molecule has 1 spiro atoms. The fourth-order valence-corrected chi connectivity index (χ4v) is 4.92. The zero-order chi connectivity index (χ0) is 25.4. The highest BCUT2D eigenvalue weighted by atomic mass is 32.2. The summed E-state index contributed by atoms with van der Waals surface area (Å²) in [5.41, 5.74) is 2.52. The molecule has 2 aromatic rings. The van der Waals surface area contributed by atoms with Crippen LogP contribution in [-0.4, -0.2) is 63.7 Å². The number of urea groups is 1.